The summed E-state index contributed by atoms with van der Waals surface area (Å²) in [5.41, 5.74) is 2.61. The first kappa shape index (κ1) is 20.0. The molecule has 1 heterocycles. The van der Waals surface area contributed by atoms with Crippen molar-refractivity contribution in [3.63, 3.8) is 0 Å². The Hall–Kier alpha value is -1.70. The zero-order chi connectivity index (χ0) is 19.3. The molecule has 1 aliphatic carbocycles. The number of halogens is 1. The Morgan fingerprint density at radius 3 is 2.48 bits per heavy atom. The summed E-state index contributed by atoms with van der Waals surface area (Å²) in [7, 11) is -3.55. The number of benzene rings is 1. The van der Waals surface area contributed by atoms with E-state index in [2.05, 4.69) is 22.7 Å². The van der Waals surface area contributed by atoms with Crippen LogP contribution in [0.1, 0.15) is 32.1 Å². The van der Waals surface area contributed by atoms with Crippen molar-refractivity contribution in [2.45, 2.75) is 37.0 Å². The molecule has 1 aromatic carbocycles. The van der Waals surface area contributed by atoms with Crippen molar-refractivity contribution in [3.8, 4) is 0 Å². The van der Waals surface area contributed by atoms with Crippen molar-refractivity contribution in [1.82, 2.24) is 9.73 Å². The minimum atomic E-state index is -3.55. The Morgan fingerprint density at radius 2 is 1.85 bits per heavy atom. The molecule has 6 nitrogen and oxygen atoms in total. The van der Waals surface area contributed by atoms with Gasteiger partial charge in [-0.15, -0.1) is 0 Å². The van der Waals surface area contributed by atoms with Gasteiger partial charge in [-0.2, -0.15) is 9.41 Å². The normalized spacial score (nSPS) is 22.2. The molecule has 0 bridgehead atoms. The fraction of sp³-hybridized carbons (Fsp3) is 0.474. The third-order valence-corrected chi connectivity index (χ3v) is 7.21. The molecule has 2 aliphatic rings. The number of piperidine rings is 1. The summed E-state index contributed by atoms with van der Waals surface area (Å²) in [5.74, 6) is 0.0212. The SMILES string of the molecule is O=C(N/N=C\[C@@H]1CC=CCC1)C1CCN(S(=O)(=O)c2ccc(Cl)cc2)CC1. The van der Waals surface area contributed by atoms with Gasteiger partial charge in [-0.1, -0.05) is 23.8 Å². The van der Waals surface area contributed by atoms with Gasteiger partial charge in [0.2, 0.25) is 15.9 Å². The number of nitrogens with one attached hydrogen (secondary N) is 1. The summed E-state index contributed by atoms with van der Waals surface area (Å²) >= 11 is 5.83. The van der Waals surface area contributed by atoms with Crippen LogP contribution < -0.4 is 5.43 Å². The van der Waals surface area contributed by atoms with Crippen molar-refractivity contribution >= 4 is 33.7 Å². The highest BCUT2D eigenvalue weighted by Gasteiger charge is 2.32. The monoisotopic (exact) mass is 409 g/mol. The molecule has 1 atom stereocenters. The molecule has 0 aromatic heterocycles. The number of carbonyl (C=O) groups is 1. The van der Waals surface area contributed by atoms with Gasteiger partial charge in [-0.05, 0) is 62.3 Å². The maximum absolute atomic E-state index is 12.7. The topological polar surface area (TPSA) is 78.8 Å². The van der Waals surface area contributed by atoms with Gasteiger partial charge in [0, 0.05) is 30.2 Å². The van der Waals surface area contributed by atoms with E-state index in [0.717, 1.165) is 19.3 Å². The number of allylic oxidation sites excluding steroid dienone is 2. The largest absolute Gasteiger partial charge is 0.273 e. The molecule has 1 N–H and O–H groups in total. The van der Waals surface area contributed by atoms with Crippen LogP contribution in [0.3, 0.4) is 0 Å². The molecule has 1 amide bonds. The summed E-state index contributed by atoms with van der Waals surface area (Å²) in [4.78, 5) is 12.5. The number of hydrogen-bond acceptors (Lipinski definition) is 4. The molecule has 3 rings (SSSR count). The summed E-state index contributed by atoms with van der Waals surface area (Å²) in [6, 6.07) is 6.14. The number of nitrogens with zero attached hydrogens (tertiary/aromatic N) is 2. The maximum atomic E-state index is 12.7. The Balaban J connectivity index is 1.50. The lowest BCUT2D eigenvalue weighted by atomic mass is 9.96. The molecule has 27 heavy (non-hydrogen) atoms. The molecule has 1 fully saturated rings. The molecule has 146 valence electrons. The molecule has 1 aliphatic heterocycles. The predicted molar refractivity (Wildman–Crippen MR) is 106 cm³/mol. The molecule has 0 spiro atoms. The molecular weight excluding hydrogens is 386 g/mol. The summed E-state index contributed by atoms with van der Waals surface area (Å²) in [6.07, 6.45) is 10.1. The Labute approximate surface area is 165 Å². The van der Waals surface area contributed by atoms with Gasteiger partial charge in [-0.25, -0.2) is 13.8 Å². The van der Waals surface area contributed by atoms with Crippen LogP contribution in [-0.2, 0) is 14.8 Å². The van der Waals surface area contributed by atoms with E-state index in [0.29, 0.717) is 36.9 Å². The van der Waals surface area contributed by atoms with Gasteiger partial charge >= 0.3 is 0 Å². The van der Waals surface area contributed by atoms with E-state index in [1.165, 1.54) is 16.4 Å². The second-order valence-electron chi connectivity index (χ2n) is 6.93. The van der Waals surface area contributed by atoms with Crippen molar-refractivity contribution in [1.29, 1.82) is 0 Å². The highest BCUT2D eigenvalue weighted by atomic mass is 35.5. The van der Waals surface area contributed by atoms with Crippen LogP contribution in [-0.4, -0.2) is 37.9 Å². The third kappa shape index (κ3) is 5.18. The highest BCUT2D eigenvalue weighted by Crippen LogP contribution is 2.25. The smallest absolute Gasteiger partial charge is 0.243 e. The lowest BCUT2D eigenvalue weighted by Gasteiger charge is -2.30. The number of amides is 1. The molecule has 1 saturated heterocycles. The number of rotatable bonds is 5. The van der Waals surface area contributed by atoms with Crippen molar-refractivity contribution < 1.29 is 13.2 Å². The second kappa shape index (κ2) is 8.99. The molecular formula is C19H24ClN3O3S. The average molecular weight is 410 g/mol. The highest BCUT2D eigenvalue weighted by molar-refractivity contribution is 7.89. The van der Waals surface area contributed by atoms with E-state index >= 15 is 0 Å². The average Bonchev–Trinajstić information content (AvgIpc) is 2.69. The minimum absolute atomic E-state index is 0.138. The molecule has 8 heteroatoms. The van der Waals surface area contributed by atoms with Crippen LogP contribution >= 0.6 is 11.6 Å². The summed E-state index contributed by atoms with van der Waals surface area (Å²) in [5, 5.41) is 4.59. The van der Waals surface area contributed by atoms with Gasteiger partial charge in [0.1, 0.15) is 0 Å². The van der Waals surface area contributed by atoms with Crippen LogP contribution in [0, 0.1) is 11.8 Å². The first-order valence-electron chi connectivity index (χ1n) is 9.20. The van der Waals surface area contributed by atoms with Gasteiger partial charge in [0.15, 0.2) is 0 Å². The van der Waals surface area contributed by atoms with Crippen molar-refractivity contribution in [2.75, 3.05) is 13.1 Å². The number of carbonyl (C=O) groups excluding carboxylic acids is 1. The van der Waals surface area contributed by atoms with Gasteiger partial charge in [0.25, 0.3) is 0 Å². The van der Waals surface area contributed by atoms with Crippen LogP contribution in [0.15, 0.2) is 46.4 Å². The fourth-order valence-corrected chi connectivity index (χ4v) is 4.96. The first-order chi connectivity index (χ1) is 13.0. The summed E-state index contributed by atoms with van der Waals surface area (Å²) in [6.45, 7) is 0.639. The van der Waals surface area contributed by atoms with Crippen molar-refractivity contribution in [3.05, 3.63) is 41.4 Å². The quantitative estimate of drug-likeness (QED) is 0.460. The Kier molecular flexibility index (Phi) is 6.68. The minimum Gasteiger partial charge on any atom is -0.273 e. The van der Waals surface area contributed by atoms with E-state index in [-0.39, 0.29) is 16.7 Å². The Morgan fingerprint density at radius 1 is 1.15 bits per heavy atom. The van der Waals surface area contributed by atoms with E-state index in [4.69, 9.17) is 11.6 Å². The van der Waals surface area contributed by atoms with Gasteiger partial charge in [-0.3, -0.25) is 4.79 Å². The standard InChI is InChI=1S/C19H24ClN3O3S/c20-17-6-8-18(9-7-17)27(25,26)23-12-10-16(11-13-23)19(24)22-21-14-15-4-2-1-3-5-15/h1-2,6-9,14-16H,3-5,10-13H2,(H,22,24)/b21-14-/t15-/m1/s1. The van der Waals surface area contributed by atoms with Crippen molar-refractivity contribution in [2.24, 2.45) is 16.9 Å². The first-order valence-corrected chi connectivity index (χ1v) is 11.0. The molecule has 0 unspecified atom stereocenters. The van der Waals surface area contributed by atoms with Crippen LogP contribution in [0.25, 0.3) is 0 Å². The van der Waals surface area contributed by atoms with Crippen LogP contribution in [0.2, 0.25) is 5.02 Å². The fourth-order valence-electron chi connectivity index (χ4n) is 3.36. The van der Waals surface area contributed by atoms with Gasteiger partial charge < -0.3 is 0 Å². The molecule has 0 radical (unpaired) electrons. The number of hydrogen-bond donors (Lipinski definition) is 1. The maximum Gasteiger partial charge on any atom is 0.243 e. The van der Waals surface area contributed by atoms with Crippen LogP contribution in [0.5, 0.6) is 0 Å². The van der Waals surface area contributed by atoms with E-state index < -0.39 is 10.0 Å². The van der Waals surface area contributed by atoms with E-state index in [9.17, 15) is 13.2 Å². The van der Waals surface area contributed by atoms with Gasteiger partial charge in [0.05, 0.1) is 4.90 Å². The zero-order valence-corrected chi connectivity index (χ0v) is 16.6. The second-order valence-corrected chi connectivity index (χ2v) is 9.31. The molecule has 0 saturated carbocycles. The lowest BCUT2D eigenvalue weighted by Crippen LogP contribution is -2.42. The third-order valence-electron chi connectivity index (χ3n) is 5.05. The lowest BCUT2D eigenvalue weighted by molar-refractivity contribution is -0.126. The summed E-state index contributed by atoms with van der Waals surface area (Å²) < 4.78 is 26.8. The van der Waals surface area contributed by atoms with Crippen LogP contribution in [0.4, 0.5) is 0 Å². The number of hydrazone groups is 1. The van der Waals surface area contributed by atoms with E-state index in [1.54, 1.807) is 12.1 Å². The predicted octanol–water partition coefficient (Wildman–Crippen LogP) is 3.20. The molecule has 1 aromatic rings. The van der Waals surface area contributed by atoms with E-state index in [1.807, 2.05) is 6.21 Å². The number of sulfonamides is 1. The Bertz CT molecular complexity index is 813. The zero-order valence-electron chi connectivity index (χ0n) is 15.1.